The summed E-state index contributed by atoms with van der Waals surface area (Å²) in [7, 11) is 1.76. The normalized spacial score (nSPS) is 10.6. The first-order valence-corrected chi connectivity index (χ1v) is 9.66. The third kappa shape index (κ3) is 5.10. The lowest BCUT2D eigenvalue weighted by molar-refractivity contribution is 0.102. The molecule has 8 nitrogen and oxygen atoms in total. The Morgan fingerprint density at radius 1 is 1.03 bits per heavy atom. The molecule has 0 saturated heterocycles. The Bertz CT molecular complexity index is 970. The zero-order valence-corrected chi connectivity index (χ0v) is 16.9. The molecule has 3 aromatic rings. The second-order valence-corrected chi connectivity index (χ2v) is 6.52. The minimum atomic E-state index is -0.235. The Hall–Kier alpha value is -3.42. The molecule has 1 N–H and O–H groups in total. The Morgan fingerprint density at radius 2 is 1.79 bits per heavy atom. The second kappa shape index (κ2) is 9.68. The van der Waals surface area contributed by atoms with Crippen LogP contribution < -0.4 is 14.8 Å². The van der Waals surface area contributed by atoms with E-state index in [4.69, 9.17) is 9.47 Å². The minimum Gasteiger partial charge on any atom is -0.490 e. The molecule has 3 rings (SSSR count). The summed E-state index contributed by atoms with van der Waals surface area (Å²) >= 11 is 0. The molecule has 0 bridgehead atoms. The van der Waals surface area contributed by atoms with Crippen molar-refractivity contribution in [1.82, 2.24) is 20.2 Å². The lowest BCUT2D eigenvalue weighted by atomic mass is 10.1. The van der Waals surface area contributed by atoms with Crippen molar-refractivity contribution in [2.45, 2.75) is 26.7 Å². The van der Waals surface area contributed by atoms with Crippen molar-refractivity contribution < 1.29 is 14.3 Å². The number of carbonyl (C=O) groups is 1. The van der Waals surface area contributed by atoms with E-state index in [0.717, 1.165) is 18.4 Å². The molecule has 0 radical (unpaired) electrons. The van der Waals surface area contributed by atoms with Crippen molar-refractivity contribution in [3.8, 4) is 22.9 Å². The van der Waals surface area contributed by atoms with Crippen molar-refractivity contribution >= 4 is 11.6 Å². The van der Waals surface area contributed by atoms with Crippen molar-refractivity contribution in [3.05, 3.63) is 48.0 Å². The molecule has 1 amide bonds. The molecular formula is C21H25N5O3. The molecule has 0 aliphatic rings. The summed E-state index contributed by atoms with van der Waals surface area (Å²) in [6.45, 7) is 5.22. The number of benzene rings is 2. The molecular weight excluding hydrogens is 370 g/mol. The SMILES string of the molecule is CCCOc1ccc(C(=O)Nc2cccc(-c3nnnn3C)c2)cc1OCCC. The Labute approximate surface area is 169 Å². The maximum absolute atomic E-state index is 12.8. The molecule has 1 aromatic heterocycles. The lowest BCUT2D eigenvalue weighted by Gasteiger charge is -2.14. The van der Waals surface area contributed by atoms with Crippen LogP contribution in [0.3, 0.4) is 0 Å². The summed E-state index contributed by atoms with van der Waals surface area (Å²) in [5.74, 6) is 1.61. The van der Waals surface area contributed by atoms with Gasteiger partial charge in [-0.05, 0) is 53.6 Å². The fourth-order valence-electron chi connectivity index (χ4n) is 2.72. The molecule has 0 aliphatic carbocycles. The second-order valence-electron chi connectivity index (χ2n) is 6.52. The van der Waals surface area contributed by atoms with Crippen LogP contribution in [0.1, 0.15) is 37.0 Å². The highest BCUT2D eigenvalue weighted by molar-refractivity contribution is 6.04. The maximum Gasteiger partial charge on any atom is 0.255 e. The number of ether oxygens (including phenoxy) is 2. The number of tetrazole rings is 1. The van der Waals surface area contributed by atoms with Crippen LogP contribution in [-0.2, 0) is 7.05 Å². The van der Waals surface area contributed by atoms with E-state index >= 15 is 0 Å². The van der Waals surface area contributed by atoms with Crippen molar-refractivity contribution in [1.29, 1.82) is 0 Å². The van der Waals surface area contributed by atoms with Gasteiger partial charge in [-0.15, -0.1) is 5.10 Å². The van der Waals surface area contributed by atoms with Gasteiger partial charge >= 0.3 is 0 Å². The average molecular weight is 395 g/mol. The first-order valence-electron chi connectivity index (χ1n) is 9.66. The Kier molecular flexibility index (Phi) is 6.78. The molecule has 0 fully saturated rings. The molecule has 0 aliphatic heterocycles. The van der Waals surface area contributed by atoms with Gasteiger partial charge in [-0.3, -0.25) is 4.79 Å². The molecule has 0 atom stereocenters. The number of carbonyl (C=O) groups excluding carboxylic acids is 1. The summed E-state index contributed by atoms with van der Waals surface area (Å²) in [6, 6.07) is 12.6. The average Bonchev–Trinajstić information content (AvgIpc) is 3.17. The molecule has 1 heterocycles. The molecule has 0 saturated carbocycles. The number of aromatic nitrogens is 4. The number of hydrogen-bond acceptors (Lipinski definition) is 6. The first kappa shape index (κ1) is 20.3. The van der Waals surface area contributed by atoms with Crippen LogP contribution in [0.25, 0.3) is 11.4 Å². The van der Waals surface area contributed by atoms with E-state index in [2.05, 4.69) is 20.8 Å². The van der Waals surface area contributed by atoms with Gasteiger partial charge in [0.25, 0.3) is 5.91 Å². The van der Waals surface area contributed by atoms with Crippen LogP contribution >= 0.6 is 0 Å². The number of amides is 1. The van der Waals surface area contributed by atoms with E-state index in [9.17, 15) is 4.79 Å². The fourth-order valence-corrected chi connectivity index (χ4v) is 2.72. The molecule has 8 heteroatoms. The van der Waals surface area contributed by atoms with Gasteiger partial charge in [0, 0.05) is 23.9 Å². The first-order chi connectivity index (χ1) is 14.1. The number of anilines is 1. The molecule has 2 aromatic carbocycles. The molecule has 0 unspecified atom stereocenters. The van der Waals surface area contributed by atoms with Crippen LogP contribution in [0.4, 0.5) is 5.69 Å². The van der Waals surface area contributed by atoms with Crippen molar-refractivity contribution in [3.63, 3.8) is 0 Å². The van der Waals surface area contributed by atoms with Crippen LogP contribution in [0.15, 0.2) is 42.5 Å². The number of hydrogen-bond donors (Lipinski definition) is 1. The summed E-state index contributed by atoms with van der Waals surface area (Å²) in [5, 5.41) is 14.4. The Balaban J connectivity index is 1.79. The molecule has 152 valence electrons. The highest BCUT2D eigenvalue weighted by Crippen LogP contribution is 2.29. The van der Waals surface area contributed by atoms with E-state index in [0.29, 0.717) is 41.8 Å². The van der Waals surface area contributed by atoms with Crippen LogP contribution in [0.5, 0.6) is 11.5 Å². The smallest absolute Gasteiger partial charge is 0.255 e. The zero-order chi connectivity index (χ0) is 20.6. The van der Waals surface area contributed by atoms with Crippen LogP contribution in [0.2, 0.25) is 0 Å². The van der Waals surface area contributed by atoms with Gasteiger partial charge in [-0.2, -0.15) is 0 Å². The number of rotatable bonds is 9. The van der Waals surface area contributed by atoms with Crippen LogP contribution in [0, 0.1) is 0 Å². The van der Waals surface area contributed by atoms with Gasteiger partial charge in [-0.1, -0.05) is 26.0 Å². The predicted molar refractivity (Wildman–Crippen MR) is 110 cm³/mol. The summed E-state index contributed by atoms with van der Waals surface area (Å²) in [6.07, 6.45) is 1.76. The van der Waals surface area contributed by atoms with E-state index in [1.807, 2.05) is 38.1 Å². The summed E-state index contributed by atoms with van der Waals surface area (Å²) < 4.78 is 13.1. The Morgan fingerprint density at radius 3 is 2.48 bits per heavy atom. The molecule has 29 heavy (non-hydrogen) atoms. The lowest BCUT2D eigenvalue weighted by Crippen LogP contribution is -2.12. The maximum atomic E-state index is 12.8. The van der Waals surface area contributed by atoms with Gasteiger partial charge in [0.1, 0.15) is 0 Å². The summed E-state index contributed by atoms with van der Waals surface area (Å²) in [5.41, 5.74) is 1.95. The van der Waals surface area contributed by atoms with Crippen LogP contribution in [-0.4, -0.2) is 39.3 Å². The predicted octanol–water partition coefficient (Wildman–Crippen LogP) is 3.71. The van der Waals surface area contributed by atoms with Gasteiger partial charge in [-0.25, -0.2) is 4.68 Å². The minimum absolute atomic E-state index is 0.235. The third-order valence-electron chi connectivity index (χ3n) is 4.13. The van der Waals surface area contributed by atoms with Crippen molar-refractivity contribution in [2.75, 3.05) is 18.5 Å². The monoisotopic (exact) mass is 395 g/mol. The quantitative estimate of drug-likeness (QED) is 0.594. The van der Waals surface area contributed by atoms with Gasteiger partial charge in [0.05, 0.1) is 13.2 Å². The topological polar surface area (TPSA) is 91.2 Å². The fraction of sp³-hybridized carbons (Fsp3) is 0.333. The largest absolute Gasteiger partial charge is 0.490 e. The number of aryl methyl sites for hydroxylation is 1. The number of nitrogens with one attached hydrogen (secondary N) is 1. The van der Waals surface area contributed by atoms with Gasteiger partial charge < -0.3 is 14.8 Å². The van der Waals surface area contributed by atoms with E-state index in [-0.39, 0.29) is 5.91 Å². The van der Waals surface area contributed by atoms with E-state index in [1.165, 1.54) is 0 Å². The van der Waals surface area contributed by atoms with Gasteiger partial charge in [0.2, 0.25) is 0 Å². The third-order valence-corrected chi connectivity index (χ3v) is 4.13. The number of nitrogens with zero attached hydrogens (tertiary/aromatic N) is 4. The van der Waals surface area contributed by atoms with E-state index < -0.39 is 0 Å². The standard InChI is InChI=1S/C21H25N5O3/c1-4-11-28-18-10-9-16(14-19(18)29-12-5-2)21(27)22-17-8-6-7-15(13-17)20-23-24-25-26(20)3/h6-10,13-14H,4-5,11-12H2,1-3H3,(H,22,27). The zero-order valence-electron chi connectivity index (χ0n) is 16.9. The van der Waals surface area contributed by atoms with E-state index in [1.54, 1.807) is 29.9 Å². The van der Waals surface area contributed by atoms with Crippen molar-refractivity contribution in [2.24, 2.45) is 7.05 Å². The molecule has 0 spiro atoms. The highest BCUT2D eigenvalue weighted by atomic mass is 16.5. The highest BCUT2D eigenvalue weighted by Gasteiger charge is 2.13. The van der Waals surface area contributed by atoms with Gasteiger partial charge in [0.15, 0.2) is 17.3 Å². The summed E-state index contributed by atoms with van der Waals surface area (Å²) in [4.78, 5) is 12.8.